The molecule has 0 aliphatic rings. The summed E-state index contributed by atoms with van der Waals surface area (Å²) >= 11 is 1.87. The van der Waals surface area contributed by atoms with Gasteiger partial charge in [-0.2, -0.15) is 0 Å². The Morgan fingerprint density at radius 1 is 0.275 bits per heavy atom. The number of fused-ring (bicyclic) bond motifs is 9. The highest BCUT2D eigenvalue weighted by Gasteiger charge is 2.17. The van der Waals surface area contributed by atoms with E-state index < -0.39 is 0 Å². The minimum Gasteiger partial charge on any atom is -0.309 e. The first-order valence-electron chi connectivity index (χ1n) is 17.4. The summed E-state index contributed by atoms with van der Waals surface area (Å²) in [5.74, 6) is 0. The van der Waals surface area contributed by atoms with Gasteiger partial charge in [0, 0.05) is 53.1 Å². The number of nitrogens with zero attached hydrogens (tertiary/aromatic N) is 2. The summed E-state index contributed by atoms with van der Waals surface area (Å²) in [7, 11) is 0. The Labute approximate surface area is 298 Å². The zero-order valence-corrected chi connectivity index (χ0v) is 28.4. The Kier molecular flexibility index (Phi) is 6.16. The predicted octanol–water partition coefficient (Wildman–Crippen LogP) is 13.6. The minimum absolute atomic E-state index is 1.18. The molecule has 0 spiro atoms. The van der Waals surface area contributed by atoms with Crippen molar-refractivity contribution in [3.63, 3.8) is 0 Å². The fourth-order valence-corrected chi connectivity index (χ4v) is 9.27. The van der Waals surface area contributed by atoms with Gasteiger partial charge in [0.15, 0.2) is 0 Å². The lowest BCUT2D eigenvalue weighted by Gasteiger charge is -2.09. The molecule has 0 radical (unpaired) electrons. The lowest BCUT2D eigenvalue weighted by atomic mass is 10.0. The highest BCUT2D eigenvalue weighted by atomic mass is 32.1. The van der Waals surface area contributed by atoms with Crippen LogP contribution in [0, 0.1) is 0 Å². The second kappa shape index (κ2) is 11.0. The van der Waals surface area contributed by atoms with Crippen molar-refractivity contribution >= 4 is 75.1 Å². The molecule has 11 rings (SSSR count). The number of rotatable bonds is 4. The molecule has 3 heterocycles. The van der Waals surface area contributed by atoms with Gasteiger partial charge in [-0.05, 0) is 95.1 Å². The third-order valence-electron chi connectivity index (χ3n) is 10.5. The van der Waals surface area contributed by atoms with Crippen molar-refractivity contribution in [2.45, 2.75) is 0 Å². The number of thiophene rings is 1. The van der Waals surface area contributed by atoms with E-state index in [2.05, 4.69) is 191 Å². The Hall–Kier alpha value is -6.42. The molecule has 8 aromatic carbocycles. The van der Waals surface area contributed by atoms with E-state index in [0.29, 0.717) is 0 Å². The number of para-hydroxylation sites is 3. The average molecular weight is 667 g/mol. The summed E-state index contributed by atoms with van der Waals surface area (Å²) in [5, 5.41) is 7.69. The van der Waals surface area contributed by atoms with E-state index in [-0.39, 0.29) is 0 Å². The van der Waals surface area contributed by atoms with Crippen LogP contribution in [0.1, 0.15) is 0 Å². The molecule has 3 aromatic heterocycles. The van der Waals surface area contributed by atoms with E-state index >= 15 is 0 Å². The molecule has 3 heteroatoms. The lowest BCUT2D eigenvalue weighted by Crippen LogP contribution is -1.93. The van der Waals surface area contributed by atoms with Crippen LogP contribution in [0.5, 0.6) is 0 Å². The average Bonchev–Trinajstić information content (AvgIpc) is 3.85. The summed E-state index contributed by atoms with van der Waals surface area (Å²) in [4.78, 5) is 0. The summed E-state index contributed by atoms with van der Waals surface area (Å²) in [5.41, 5.74) is 12.2. The zero-order chi connectivity index (χ0) is 33.5. The maximum atomic E-state index is 2.43. The van der Waals surface area contributed by atoms with Crippen molar-refractivity contribution < 1.29 is 0 Å². The van der Waals surface area contributed by atoms with Gasteiger partial charge in [-0.15, -0.1) is 11.3 Å². The Morgan fingerprint density at radius 3 is 1.45 bits per heavy atom. The Balaban J connectivity index is 1.06. The molecule has 11 aromatic rings. The van der Waals surface area contributed by atoms with Crippen LogP contribution in [0.2, 0.25) is 0 Å². The molecule has 0 N–H and O–H groups in total. The highest BCUT2D eigenvalue weighted by molar-refractivity contribution is 7.25. The van der Waals surface area contributed by atoms with E-state index in [9.17, 15) is 0 Å². The molecule has 0 unspecified atom stereocenters. The van der Waals surface area contributed by atoms with Gasteiger partial charge in [0.1, 0.15) is 0 Å². The first-order valence-corrected chi connectivity index (χ1v) is 18.2. The smallest absolute Gasteiger partial charge is 0.0541 e. The van der Waals surface area contributed by atoms with Gasteiger partial charge in [0.05, 0.1) is 22.1 Å². The topological polar surface area (TPSA) is 9.86 Å². The van der Waals surface area contributed by atoms with Gasteiger partial charge < -0.3 is 9.13 Å². The molecule has 2 nitrogen and oxygen atoms in total. The summed E-state index contributed by atoms with van der Waals surface area (Å²) < 4.78 is 7.43. The van der Waals surface area contributed by atoms with Crippen LogP contribution in [0.25, 0.3) is 97.4 Å². The van der Waals surface area contributed by atoms with Crippen LogP contribution in [0.15, 0.2) is 182 Å². The largest absolute Gasteiger partial charge is 0.309 e. The quantitative estimate of drug-likeness (QED) is 0.177. The lowest BCUT2D eigenvalue weighted by molar-refractivity contribution is 1.18. The van der Waals surface area contributed by atoms with E-state index in [1.54, 1.807) is 0 Å². The monoisotopic (exact) mass is 666 g/mol. The number of hydrogen-bond donors (Lipinski definition) is 0. The molecule has 0 aliphatic carbocycles. The molecule has 0 aliphatic heterocycles. The fourth-order valence-electron chi connectivity index (χ4n) is 8.15. The van der Waals surface area contributed by atoms with E-state index in [0.717, 1.165) is 0 Å². The fraction of sp³-hybridized carbons (Fsp3) is 0. The summed E-state index contributed by atoms with van der Waals surface area (Å²) in [6.45, 7) is 0. The molecule has 238 valence electrons. The van der Waals surface area contributed by atoms with Crippen LogP contribution < -0.4 is 0 Å². The molecule has 0 saturated carbocycles. The predicted molar refractivity (Wildman–Crippen MR) is 219 cm³/mol. The third kappa shape index (κ3) is 4.35. The van der Waals surface area contributed by atoms with Crippen molar-refractivity contribution in [3.8, 4) is 33.6 Å². The Morgan fingerprint density at radius 2 is 0.784 bits per heavy atom. The van der Waals surface area contributed by atoms with Crippen LogP contribution >= 0.6 is 11.3 Å². The number of benzene rings is 8. The van der Waals surface area contributed by atoms with Gasteiger partial charge in [-0.1, -0.05) is 109 Å². The van der Waals surface area contributed by atoms with E-state index in [4.69, 9.17) is 0 Å². The summed E-state index contributed by atoms with van der Waals surface area (Å²) in [6.07, 6.45) is 0. The first-order chi connectivity index (χ1) is 25.3. The van der Waals surface area contributed by atoms with Gasteiger partial charge in [-0.25, -0.2) is 0 Å². The van der Waals surface area contributed by atoms with Crippen molar-refractivity contribution in [1.29, 1.82) is 0 Å². The number of aromatic nitrogens is 2. The maximum absolute atomic E-state index is 2.43. The normalized spacial score (nSPS) is 11.9. The molecule has 0 amide bonds. The highest BCUT2D eigenvalue weighted by Crippen LogP contribution is 2.41. The third-order valence-corrected chi connectivity index (χ3v) is 11.6. The van der Waals surface area contributed by atoms with Crippen LogP contribution in [-0.4, -0.2) is 9.13 Å². The SMILES string of the molecule is c1ccc(-c2ccc3sc4cc(-n5c6ccccc6c6cc(-c7ccc8c(c7)c7ccccc7n8-c7ccccc7)ccc65)ccc4c3c2)cc1. The van der Waals surface area contributed by atoms with Crippen LogP contribution in [0.3, 0.4) is 0 Å². The van der Waals surface area contributed by atoms with Crippen LogP contribution in [0.4, 0.5) is 0 Å². The maximum Gasteiger partial charge on any atom is 0.0541 e. The van der Waals surface area contributed by atoms with Gasteiger partial charge >= 0.3 is 0 Å². The van der Waals surface area contributed by atoms with Crippen molar-refractivity contribution in [2.24, 2.45) is 0 Å². The number of hydrogen-bond acceptors (Lipinski definition) is 1. The molecular formula is C48H30N2S. The second-order valence-corrected chi connectivity index (χ2v) is 14.4. The van der Waals surface area contributed by atoms with Gasteiger partial charge in [0.25, 0.3) is 0 Å². The van der Waals surface area contributed by atoms with E-state index in [1.807, 2.05) is 11.3 Å². The molecule has 0 fully saturated rings. The van der Waals surface area contributed by atoms with Crippen molar-refractivity contribution in [2.75, 3.05) is 0 Å². The van der Waals surface area contributed by atoms with Gasteiger partial charge in [-0.3, -0.25) is 0 Å². The molecule has 51 heavy (non-hydrogen) atoms. The van der Waals surface area contributed by atoms with E-state index in [1.165, 1.54) is 97.4 Å². The summed E-state index contributed by atoms with van der Waals surface area (Å²) in [6, 6.07) is 66.7. The molecule has 0 saturated heterocycles. The van der Waals surface area contributed by atoms with Gasteiger partial charge in [0.2, 0.25) is 0 Å². The minimum atomic E-state index is 1.18. The Bertz CT molecular complexity index is 3130. The standard InChI is InChI=1S/C48H30N2S/c1-3-11-31(12-4-1)32-21-26-47-42(29-32)39-23-22-36(30-48(39)51-47)50-44-18-10-8-16-38(44)41-28-34(20-25-46(41)50)33-19-24-45-40(27-33)37-15-7-9-17-43(37)49(45)35-13-5-2-6-14-35/h1-30H. The molecule has 0 bridgehead atoms. The van der Waals surface area contributed by atoms with Crippen molar-refractivity contribution in [1.82, 2.24) is 9.13 Å². The second-order valence-electron chi connectivity index (χ2n) is 13.4. The zero-order valence-electron chi connectivity index (χ0n) is 27.6. The molecule has 0 atom stereocenters. The first kappa shape index (κ1) is 28.4. The van der Waals surface area contributed by atoms with Crippen LogP contribution in [-0.2, 0) is 0 Å². The molecular weight excluding hydrogens is 637 g/mol. The van der Waals surface area contributed by atoms with Crippen molar-refractivity contribution in [3.05, 3.63) is 182 Å².